The summed E-state index contributed by atoms with van der Waals surface area (Å²) in [5, 5.41) is 2.85. The number of benzene rings is 3. The Morgan fingerprint density at radius 3 is 2.34 bits per heavy atom. The van der Waals surface area contributed by atoms with Crippen molar-refractivity contribution in [3.05, 3.63) is 88.4 Å². The van der Waals surface area contributed by atoms with E-state index >= 15 is 0 Å². The predicted octanol–water partition coefficient (Wildman–Crippen LogP) is 5.38. The summed E-state index contributed by atoms with van der Waals surface area (Å²) in [5.74, 6) is 0.111. The first-order chi connectivity index (χ1) is 14.0. The summed E-state index contributed by atoms with van der Waals surface area (Å²) in [6.07, 6.45) is 0. The van der Waals surface area contributed by atoms with Crippen LogP contribution in [0.3, 0.4) is 0 Å². The van der Waals surface area contributed by atoms with E-state index < -0.39 is 0 Å². The summed E-state index contributed by atoms with van der Waals surface area (Å²) >= 11 is 3.38. The Balaban J connectivity index is 1.73. The number of carbonyl (C=O) groups is 2. The molecule has 0 radical (unpaired) electrons. The molecule has 0 aromatic heterocycles. The zero-order chi connectivity index (χ0) is 20.8. The summed E-state index contributed by atoms with van der Waals surface area (Å²) in [7, 11) is 1.73. The maximum atomic E-state index is 12.7. The number of nitrogens with zero attached hydrogens (tertiary/aromatic N) is 1. The van der Waals surface area contributed by atoms with Crippen molar-refractivity contribution in [2.75, 3.05) is 23.9 Å². The van der Waals surface area contributed by atoms with E-state index in [0.717, 1.165) is 10.2 Å². The highest BCUT2D eigenvalue weighted by Crippen LogP contribution is 2.25. The number of rotatable bonds is 6. The first-order valence-electron chi connectivity index (χ1n) is 9.16. The largest absolute Gasteiger partial charge is 0.493 e. The topological polar surface area (TPSA) is 58.6 Å². The van der Waals surface area contributed by atoms with Crippen LogP contribution in [0, 0.1) is 0 Å². The molecule has 0 spiro atoms. The molecule has 0 fully saturated rings. The molecule has 0 unspecified atom stereocenters. The van der Waals surface area contributed by atoms with Gasteiger partial charge in [0.15, 0.2) is 0 Å². The van der Waals surface area contributed by atoms with Gasteiger partial charge in [0.1, 0.15) is 5.75 Å². The van der Waals surface area contributed by atoms with Crippen LogP contribution in [0.25, 0.3) is 0 Å². The lowest BCUT2D eigenvalue weighted by molar-refractivity contribution is 0.0991. The van der Waals surface area contributed by atoms with E-state index in [1.807, 2.05) is 43.3 Å². The highest BCUT2D eigenvalue weighted by molar-refractivity contribution is 9.10. The number of halogens is 1. The molecular formula is C23H21BrN2O3. The van der Waals surface area contributed by atoms with Gasteiger partial charge in [-0.1, -0.05) is 34.1 Å². The van der Waals surface area contributed by atoms with E-state index in [4.69, 9.17) is 4.74 Å². The molecule has 5 nitrogen and oxygen atoms in total. The van der Waals surface area contributed by atoms with Gasteiger partial charge in [-0.25, -0.2) is 0 Å². The SMILES string of the molecule is CCOc1ccc(Br)cc1C(=O)Nc1ccc(C(=O)N(C)c2ccccc2)cc1. The number of hydrogen-bond acceptors (Lipinski definition) is 3. The molecule has 1 N–H and O–H groups in total. The van der Waals surface area contributed by atoms with E-state index in [0.29, 0.717) is 29.2 Å². The zero-order valence-electron chi connectivity index (χ0n) is 16.2. The van der Waals surface area contributed by atoms with Crippen LogP contribution < -0.4 is 15.0 Å². The molecule has 0 saturated heterocycles. The molecule has 0 saturated carbocycles. The Hall–Kier alpha value is -3.12. The predicted molar refractivity (Wildman–Crippen MR) is 119 cm³/mol. The van der Waals surface area contributed by atoms with Gasteiger partial charge in [0.05, 0.1) is 12.2 Å². The fourth-order valence-electron chi connectivity index (χ4n) is 2.82. The number of amides is 2. The van der Waals surface area contributed by atoms with Gasteiger partial charge in [-0.3, -0.25) is 9.59 Å². The number of carbonyl (C=O) groups excluding carboxylic acids is 2. The van der Waals surface area contributed by atoms with Crippen LogP contribution in [0.5, 0.6) is 5.75 Å². The Kier molecular flexibility index (Phi) is 6.67. The molecule has 148 valence electrons. The smallest absolute Gasteiger partial charge is 0.259 e. The third kappa shape index (κ3) is 5.03. The summed E-state index contributed by atoms with van der Waals surface area (Å²) in [5.41, 5.74) is 2.38. The lowest BCUT2D eigenvalue weighted by atomic mass is 10.1. The zero-order valence-corrected chi connectivity index (χ0v) is 17.8. The van der Waals surface area contributed by atoms with Gasteiger partial charge in [0.25, 0.3) is 11.8 Å². The van der Waals surface area contributed by atoms with Gasteiger partial charge in [-0.2, -0.15) is 0 Å². The van der Waals surface area contributed by atoms with Crippen molar-refractivity contribution >= 4 is 39.1 Å². The standard InChI is InChI=1S/C23H21BrN2O3/c1-3-29-21-14-11-17(24)15-20(21)22(27)25-18-12-9-16(10-13-18)23(28)26(2)19-7-5-4-6-8-19/h4-15H,3H2,1-2H3,(H,25,27). The third-order valence-electron chi connectivity index (χ3n) is 4.32. The minimum Gasteiger partial charge on any atom is -0.493 e. The average Bonchev–Trinajstić information content (AvgIpc) is 2.75. The molecule has 0 atom stereocenters. The molecule has 0 heterocycles. The quantitative estimate of drug-likeness (QED) is 0.546. The van der Waals surface area contributed by atoms with Gasteiger partial charge in [-0.15, -0.1) is 0 Å². The van der Waals surface area contributed by atoms with Crippen LogP contribution in [0.15, 0.2) is 77.3 Å². The summed E-state index contributed by atoms with van der Waals surface area (Å²) < 4.78 is 6.33. The molecule has 3 aromatic carbocycles. The minimum absolute atomic E-state index is 0.125. The van der Waals surface area contributed by atoms with Crippen molar-refractivity contribution in [2.24, 2.45) is 0 Å². The maximum Gasteiger partial charge on any atom is 0.259 e. The molecule has 3 rings (SSSR count). The molecule has 6 heteroatoms. The van der Waals surface area contributed by atoms with Crippen molar-refractivity contribution in [2.45, 2.75) is 6.92 Å². The molecule has 0 aliphatic rings. The fourth-order valence-corrected chi connectivity index (χ4v) is 3.18. The third-order valence-corrected chi connectivity index (χ3v) is 4.82. The lowest BCUT2D eigenvalue weighted by Crippen LogP contribution is -2.26. The van der Waals surface area contributed by atoms with Crippen LogP contribution >= 0.6 is 15.9 Å². The summed E-state index contributed by atoms with van der Waals surface area (Å²) in [6.45, 7) is 2.33. The Labute approximate surface area is 178 Å². The summed E-state index contributed by atoms with van der Waals surface area (Å²) in [4.78, 5) is 26.9. The fraction of sp³-hybridized carbons (Fsp3) is 0.130. The van der Waals surface area contributed by atoms with Gasteiger partial charge >= 0.3 is 0 Å². The number of hydrogen-bond donors (Lipinski definition) is 1. The normalized spacial score (nSPS) is 10.3. The molecular weight excluding hydrogens is 432 g/mol. The first kappa shape index (κ1) is 20.6. The summed E-state index contributed by atoms with van der Waals surface area (Å²) in [6, 6.07) is 21.5. The Morgan fingerprint density at radius 1 is 1.00 bits per heavy atom. The first-order valence-corrected chi connectivity index (χ1v) is 9.95. The molecule has 2 amide bonds. The van der Waals surface area contributed by atoms with Gasteiger partial charge in [0.2, 0.25) is 0 Å². The van der Waals surface area contributed by atoms with Crippen molar-refractivity contribution < 1.29 is 14.3 Å². The highest BCUT2D eigenvalue weighted by atomic mass is 79.9. The second-order valence-electron chi connectivity index (χ2n) is 6.30. The highest BCUT2D eigenvalue weighted by Gasteiger charge is 2.15. The number of anilines is 2. The van der Waals surface area contributed by atoms with Gasteiger partial charge < -0.3 is 15.0 Å². The number of para-hydroxylation sites is 1. The van der Waals surface area contributed by atoms with Crippen LogP contribution in [0.1, 0.15) is 27.6 Å². The lowest BCUT2D eigenvalue weighted by Gasteiger charge is -2.17. The monoisotopic (exact) mass is 452 g/mol. The molecule has 3 aromatic rings. The van der Waals surface area contributed by atoms with E-state index in [1.165, 1.54) is 0 Å². The van der Waals surface area contributed by atoms with Crippen LogP contribution in [0.4, 0.5) is 11.4 Å². The van der Waals surface area contributed by atoms with Crippen molar-refractivity contribution in [3.8, 4) is 5.75 Å². The minimum atomic E-state index is -0.282. The van der Waals surface area contributed by atoms with Crippen molar-refractivity contribution in [1.82, 2.24) is 0 Å². The second kappa shape index (κ2) is 9.39. The number of nitrogens with one attached hydrogen (secondary N) is 1. The van der Waals surface area contributed by atoms with Crippen molar-refractivity contribution in [1.29, 1.82) is 0 Å². The Bertz CT molecular complexity index is 1000. The van der Waals surface area contributed by atoms with Crippen LogP contribution in [-0.4, -0.2) is 25.5 Å². The Morgan fingerprint density at radius 2 is 1.69 bits per heavy atom. The molecule has 0 aliphatic heterocycles. The van der Waals surface area contributed by atoms with E-state index in [9.17, 15) is 9.59 Å². The van der Waals surface area contributed by atoms with Gasteiger partial charge in [0, 0.05) is 28.5 Å². The van der Waals surface area contributed by atoms with Crippen LogP contribution in [0.2, 0.25) is 0 Å². The van der Waals surface area contributed by atoms with Crippen LogP contribution in [-0.2, 0) is 0 Å². The van der Waals surface area contributed by atoms with E-state index in [-0.39, 0.29) is 11.8 Å². The van der Waals surface area contributed by atoms with E-state index in [1.54, 1.807) is 48.3 Å². The second-order valence-corrected chi connectivity index (χ2v) is 7.22. The maximum absolute atomic E-state index is 12.7. The molecule has 0 aliphatic carbocycles. The number of ether oxygens (including phenoxy) is 1. The van der Waals surface area contributed by atoms with Crippen molar-refractivity contribution in [3.63, 3.8) is 0 Å². The molecule has 29 heavy (non-hydrogen) atoms. The van der Waals surface area contributed by atoms with Gasteiger partial charge in [-0.05, 0) is 61.5 Å². The van der Waals surface area contributed by atoms with E-state index in [2.05, 4.69) is 21.2 Å². The average molecular weight is 453 g/mol. The molecule has 0 bridgehead atoms.